The zero-order valence-electron chi connectivity index (χ0n) is 12.3. The fraction of sp³-hybridized carbons (Fsp3) is 0.0625. The average molecular weight is 344 g/mol. The number of nitrogens with two attached hydrogens (primary N) is 1. The molecule has 5 nitrogen and oxygen atoms in total. The predicted molar refractivity (Wildman–Crippen MR) is 94.3 cm³/mol. The summed E-state index contributed by atoms with van der Waals surface area (Å²) in [5.41, 5.74) is 8.51. The summed E-state index contributed by atoms with van der Waals surface area (Å²) in [5.74, 6) is 0.504. The molecule has 0 saturated carbocycles. The molecule has 3 N–H and O–H groups in total. The number of halogens is 1. The van der Waals surface area contributed by atoms with Crippen molar-refractivity contribution in [3.8, 4) is 0 Å². The molecule has 7 heteroatoms. The van der Waals surface area contributed by atoms with Crippen molar-refractivity contribution in [3.05, 3.63) is 59.6 Å². The van der Waals surface area contributed by atoms with Crippen LogP contribution in [0.15, 0.2) is 58.8 Å². The van der Waals surface area contributed by atoms with E-state index in [9.17, 15) is 0 Å². The standard InChI is InChI=1S/C16H14ClN5S/c1-10-4-6-11(7-5-10)23-16-13(18)15(20-9-21-16)22-12-3-2-8-19-14(12)17/h2-9H,18H2,1H3,(H,20,21,22). The first-order valence-corrected chi connectivity index (χ1v) is 8.05. The third-order valence-corrected chi connectivity index (χ3v) is 4.42. The maximum Gasteiger partial charge on any atom is 0.158 e. The minimum atomic E-state index is 0.359. The van der Waals surface area contributed by atoms with Gasteiger partial charge in [0, 0.05) is 11.1 Å². The van der Waals surface area contributed by atoms with Gasteiger partial charge in [-0.2, -0.15) is 0 Å². The van der Waals surface area contributed by atoms with E-state index >= 15 is 0 Å². The summed E-state index contributed by atoms with van der Waals surface area (Å²) in [5, 5.41) is 4.14. The van der Waals surface area contributed by atoms with E-state index in [2.05, 4.69) is 20.3 Å². The molecular weight excluding hydrogens is 330 g/mol. The number of nitrogens with zero attached hydrogens (tertiary/aromatic N) is 3. The second kappa shape index (κ2) is 6.85. The molecule has 0 aliphatic carbocycles. The molecule has 0 unspecified atom stereocenters. The van der Waals surface area contributed by atoms with Crippen LogP contribution in [0, 0.1) is 6.92 Å². The van der Waals surface area contributed by atoms with Crippen molar-refractivity contribution in [2.45, 2.75) is 16.8 Å². The Hall–Kier alpha value is -2.31. The summed E-state index contributed by atoms with van der Waals surface area (Å²) in [6, 6.07) is 11.8. The van der Waals surface area contributed by atoms with E-state index < -0.39 is 0 Å². The molecule has 0 saturated heterocycles. The van der Waals surface area contributed by atoms with Crippen molar-refractivity contribution < 1.29 is 0 Å². The van der Waals surface area contributed by atoms with Gasteiger partial charge in [0.25, 0.3) is 0 Å². The van der Waals surface area contributed by atoms with Crippen LogP contribution in [-0.2, 0) is 0 Å². The average Bonchev–Trinajstić information content (AvgIpc) is 2.55. The Labute approximate surface area is 143 Å². The van der Waals surface area contributed by atoms with Crippen molar-refractivity contribution >= 4 is 40.6 Å². The zero-order valence-corrected chi connectivity index (χ0v) is 13.9. The van der Waals surface area contributed by atoms with E-state index in [4.69, 9.17) is 17.3 Å². The molecular formula is C16H14ClN5S. The maximum atomic E-state index is 6.19. The minimum Gasteiger partial charge on any atom is -0.394 e. The summed E-state index contributed by atoms with van der Waals surface area (Å²) < 4.78 is 0. The molecule has 0 spiro atoms. The van der Waals surface area contributed by atoms with Crippen molar-refractivity contribution in [1.82, 2.24) is 15.0 Å². The summed E-state index contributed by atoms with van der Waals surface area (Å²) in [6.45, 7) is 2.05. The molecule has 2 aromatic heterocycles. The second-order valence-electron chi connectivity index (χ2n) is 4.82. The number of hydrogen-bond donors (Lipinski definition) is 2. The Morgan fingerprint density at radius 3 is 2.61 bits per heavy atom. The lowest BCUT2D eigenvalue weighted by Crippen LogP contribution is -2.03. The van der Waals surface area contributed by atoms with E-state index in [1.165, 1.54) is 23.7 Å². The molecule has 0 aliphatic rings. The van der Waals surface area contributed by atoms with Crippen LogP contribution in [0.4, 0.5) is 17.2 Å². The molecule has 3 aromatic rings. The highest BCUT2D eigenvalue weighted by molar-refractivity contribution is 7.99. The second-order valence-corrected chi connectivity index (χ2v) is 6.24. The van der Waals surface area contributed by atoms with Crippen molar-refractivity contribution in [3.63, 3.8) is 0 Å². The normalized spacial score (nSPS) is 10.5. The van der Waals surface area contributed by atoms with Crippen LogP contribution in [0.25, 0.3) is 0 Å². The van der Waals surface area contributed by atoms with Crippen molar-refractivity contribution in [2.75, 3.05) is 11.1 Å². The van der Waals surface area contributed by atoms with Crippen LogP contribution in [0.3, 0.4) is 0 Å². The number of nitrogens with one attached hydrogen (secondary N) is 1. The first-order chi connectivity index (χ1) is 11.1. The van der Waals surface area contributed by atoms with Gasteiger partial charge in [-0.3, -0.25) is 0 Å². The SMILES string of the molecule is Cc1ccc(Sc2ncnc(Nc3cccnc3Cl)c2N)cc1. The first-order valence-electron chi connectivity index (χ1n) is 6.86. The van der Waals surface area contributed by atoms with Crippen LogP contribution >= 0.6 is 23.4 Å². The molecule has 116 valence electrons. The summed E-state index contributed by atoms with van der Waals surface area (Å²) >= 11 is 7.53. The maximum absolute atomic E-state index is 6.19. The minimum absolute atomic E-state index is 0.359. The Morgan fingerprint density at radius 2 is 1.87 bits per heavy atom. The van der Waals surface area contributed by atoms with Crippen LogP contribution in [0.2, 0.25) is 5.15 Å². The fourth-order valence-corrected chi connectivity index (χ4v) is 2.85. The number of pyridine rings is 1. The van der Waals surface area contributed by atoms with Crippen LogP contribution < -0.4 is 11.1 Å². The molecule has 0 aliphatic heterocycles. The topological polar surface area (TPSA) is 76.7 Å². The van der Waals surface area contributed by atoms with Gasteiger partial charge in [0.05, 0.1) is 5.69 Å². The summed E-state index contributed by atoms with van der Waals surface area (Å²) in [7, 11) is 0. The molecule has 0 radical (unpaired) electrons. The van der Waals surface area contributed by atoms with Crippen LogP contribution in [0.1, 0.15) is 5.56 Å². The highest BCUT2D eigenvalue weighted by Gasteiger charge is 2.11. The lowest BCUT2D eigenvalue weighted by atomic mass is 10.2. The van der Waals surface area contributed by atoms with E-state index in [1.54, 1.807) is 12.3 Å². The molecule has 0 amide bonds. The van der Waals surface area contributed by atoms with Crippen molar-refractivity contribution in [1.29, 1.82) is 0 Å². The number of aromatic nitrogens is 3. The Bertz CT molecular complexity index is 823. The van der Waals surface area contributed by atoms with Crippen LogP contribution in [0.5, 0.6) is 0 Å². The molecule has 0 atom stereocenters. The van der Waals surface area contributed by atoms with Gasteiger partial charge >= 0.3 is 0 Å². The van der Waals surface area contributed by atoms with E-state index in [0.717, 1.165) is 4.90 Å². The predicted octanol–water partition coefficient (Wildman–Crippen LogP) is 4.31. The molecule has 0 bridgehead atoms. The third kappa shape index (κ3) is 3.72. The highest BCUT2D eigenvalue weighted by Crippen LogP contribution is 2.34. The molecule has 2 heterocycles. The number of hydrogen-bond acceptors (Lipinski definition) is 6. The number of aryl methyl sites for hydroxylation is 1. The molecule has 23 heavy (non-hydrogen) atoms. The Balaban J connectivity index is 1.86. The van der Waals surface area contributed by atoms with Gasteiger partial charge in [0.2, 0.25) is 0 Å². The smallest absolute Gasteiger partial charge is 0.158 e. The molecule has 1 aromatic carbocycles. The summed E-state index contributed by atoms with van der Waals surface area (Å²) in [4.78, 5) is 13.5. The van der Waals surface area contributed by atoms with E-state index in [0.29, 0.717) is 27.4 Å². The zero-order chi connectivity index (χ0) is 16.2. The number of nitrogen functional groups attached to an aromatic ring is 1. The van der Waals surface area contributed by atoms with Gasteiger partial charge in [-0.15, -0.1) is 0 Å². The van der Waals surface area contributed by atoms with Gasteiger partial charge in [-0.25, -0.2) is 15.0 Å². The number of anilines is 3. The van der Waals surface area contributed by atoms with Crippen LogP contribution in [-0.4, -0.2) is 15.0 Å². The largest absolute Gasteiger partial charge is 0.394 e. The molecule has 3 rings (SSSR count). The van der Waals surface area contributed by atoms with E-state index in [-0.39, 0.29) is 0 Å². The van der Waals surface area contributed by atoms with Gasteiger partial charge < -0.3 is 11.1 Å². The fourth-order valence-electron chi connectivity index (χ4n) is 1.89. The number of benzene rings is 1. The van der Waals surface area contributed by atoms with Gasteiger partial charge in [-0.05, 0) is 31.2 Å². The van der Waals surface area contributed by atoms with Gasteiger partial charge in [0.15, 0.2) is 11.0 Å². The lowest BCUT2D eigenvalue weighted by molar-refractivity contribution is 1.06. The Kier molecular flexibility index (Phi) is 4.64. The van der Waals surface area contributed by atoms with Gasteiger partial charge in [-0.1, -0.05) is 41.1 Å². The summed E-state index contributed by atoms with van der Waals surface area (Å²) in [6.07, 6.45) is 3.09. The highest BCUT2D eigenvalue weighted by atomic mass is 35.5. The van der Waals surface area contributed by atoms with Gasteiger partial charge in [0.1, 0.15) is 17.0 Å². The van der Waals surface area contributed by atoms with E-state index in [1.807, 2.05) is 37.3 Å². The van der Waals surface area contributed by atoms with Crippen molar-refractivity contribution in [2.24, 2.45) is 0 Å². The monoisotopic (exact) mass is 343 g/mol. The lowest BCUT2D eigenvalue weighted by Gasteiger charge is -2.11. The third-order valence-electron chi connectivity index (χ3n) is 3.10. The quantitative estimate of drug-likeness (QED) is 0.543. The Morgan fingerprint density at radius 1 is 1.09 bits per heavy atom. The number of rotatable bonds is 4. The first kappa shape index (κ1) is 15.6. The molecule has 0 fully saturated rings.